The Bertz CT molecular complexity index is 2380. The SMILES string of the molecule is c1ccc2cc(-c3c4ccccc4c(-c4csc5c4ccc4oc6ccccc6c45)c4ccccc34)ccc2c1. The minimum absolute atomic E-state index is 0.940. The summed E-state index contributed by atoms with van der Waals surface area (Å²) < 4.78 is 7.50. The predicted molar refractivity (Wildman–Crippen MR) is 172 cm³/mol. The summed E-state index contributed by atoms with van der Waals surface area (Å²) in [5.41, 5.74) is 7.01. The van der Waals surface area contributed by atoms with Crippen LogP contribution in [0.15, 0.2) is 137 Å². The fraction of sp³-hybridized carbons (Fsp3) is 0. The summed E-state index contributed by atoms with van der Waals surface area (Å²) in [6.45, 7) is 0. The number of hydrogen-bond donors (Lipinski definition) is 0. The van der Waals surface area contributed by atoms with Crippen molar-refractivity contribution in [3.8, 4) is 22.3 Å². The molecule has 0 radical (unpaired) electrons. The van der Waals surface area contributed by atoms with Gasteiger partial charge in [0.1, 0.15) is 11.2 Å². The zero-order valence-corrected chi connectivity index (χ0v) is 22.3. The molecule has 2 aromatic heterocycles. The first-order valence-corrected chi connectivity index (χ1v) is 14.5. The maximum absolute atomic E-state index is 6.22. The molecule has 0 aliphatic carbocycles. The van der Waals surface area contributed by atoms with Gasteiger partial charge < -0.3 is 4.42 Å². The molecule has 0 aliphatic rings. The Kier molecular flexibility index (Phi) is 4.55. The van der Waals surface area contributed by atoms with Gasteiger partial charge in [0, 0.05) is 26.4 Å². The van der Waals surface area contributed by atoms with E-state index in [-0.39, 0.29) is 0 Å². The molecule has 0 fully saturated rings. The lowest BCUT2D eigenvalue weighted by molar-refractivity contribution is 0.669. The molecule has 7 aromatic carbocycles. The van der Waals surface area contributed by atoms with Crippen LogP contribution in [0.2, 0.25) is 0 Å². The second-order valence-corrected chi connectivity index (χ2v) is 11.3. The van der Waals surface area contributed by atoms with Gasteiger partial charge in [-0.05, 0) is 78.7 Å². The molecule has 0 spiro atoms. The highest BCUT2D eigenvalue weighted by Gasteiger charge is 2.20. The molecule has 2 heteroatoms. The van der Waals surface area contributed by atoms with Crippen molar-refractivity contribution in [3.05, 3.63) is 133 Å². The molecule has 9 rings (SSSR count). The second-order valence-electron chi connectivity index (χ2n) is 10.5. The van der Waals surface area contributed by atoms with Gasteiger partial charge in [-0.3, -0.25) is 0 Å². The summed E-state index contributed by atoms with van der Waals surface area (Å²) in [6.07, 6.45) is 0. The third kappa shape index (κ3) is 3.03. The zero-order valence-electron chi connectivity index (χ0n) is 21.5. The smallest absolute Gasteiger partial charge is 0.136 e. The number of fused-ring (bicyclic) bond motifs is 8. The standard InChI is InChI=1S/C38H22OS/c1-2-10-24-21-25(18-17-23(24)9-1)35-26-11-3-5-13-28(26)36(29-14-6-4-12-27(29)35)32-22-40-38-30(32)19-20-34-37(38)31-15-7-8-16-33(31)39-34/h1-22H. The Morgan fingerprint density at radius 2 is 1.07 bits per heavy atom. The zero-order chi connectivity index (χ0) is 26.2. The minimum atomic E-state index is 0.940. The van der Waals surface area contributed by atoms with Crippen molar-refractivity contribution in [3.63, 3.8) is 0 Å². The van der Waals surface area contributed by atoms with Crippen LogP contribution in [0, 0.1) is 0 Å². The molecule has 0 unspecified atom stereocenters. The van der Waals surface area contributed by atoms with Crippen LogP contribution in [0.4, 0.5) is 0 Å². The summed E-state index contributed by atoms with van der Waals surface area (Å²) in [4.78, 5) is 0. The first-order chi connectivity index (χ1) is 19.8. The Labute approximate surface area is 234 Å². The molecule has 1 nitrogen and oxygen atoms in total. The maximum atomic E-state index is 6.22. The molecule has 9 aromatic rings. The van der Waals surface area contributed by atoms with E-state index in [1.165, 1.54) is 75.4 Å². The molecule has 2 heterocycles. The van der Waals surface area contributed by atoms with Crippen LogP contribution in [-0.2, 0) is 0 Å². The van der Waals surface area contributed by atoms with Crippen LogP contribution in [-0.4, -0.2) is 0 Å². The Hall–Kier alpha value is -4.92. The number of para-hydroxylation sites is 1. The van der Waals surface area contributed by atoms with E-state index >= 15 is 0 Å². The van der Waals surface area contributed by atoms with E-state index < -0.39 is 0 Å². The summed E-state index contributed by atoms with van der Waals surface area (Å²) in [7, 11) is 0. The van der Waals surface area contributed by atoms with E-state index in [4.69, 9.17) is 4.42 Å². The lowest BCUT2D eigenvalue weighted by atomic mass is 9.85. The highest BCUT2D eigenvalue weighted by molar-refractivity contribution is 7.19. The van der Waals surface area contributed by atoms with E-state index in [9.17, 15) is 0 Å². The largest absolute Gasteiger partial charge is 0.456 e. The Balaban J connectivity index is 1.40. The maximum Gasteiger partial charge on any atom is 0.136 e. The normalized spacial score (nSPS) is 12.0. The molecule has 0 amide bonds. The molecular formula is C38H22OS. The average molecular weight is 527 g/mol. The van der Waals surface area contributed by atoms with Crippen LogP contribution in [0.25, 0.3) is 86.6 Å². The van der Waals surface area contributed by atoms with Crippen molar-refractivity contribution in [1.82, 2.24) is 0 Å². The number of rotatable bonds is 2. The number of thiophene rings is 1. The van der Waals surface area contributed by atoms with Crippen molar-refractivity contribution in [1.29, 1.82) is 0 Å². The lowest BCUT2D eigenvalue weighted by Crippen LogP contribution is -1.90. The van der Waals surface area contributed by atoms with Crippen LogP contribution in [0.1, 0.15) is 0 Å². The second kappa shape index (κ2) is 8.29. The Morgan fingerprint density at radius 1 is 0.450 bits per heavy atom. The van der Waals surface area contributed by atoms with Gasteiger partial charge in [0.25, 0.3) is 0 Å². The van der Waals surface area contributed by atoms with Crippen molar-refractivity contribution in [2.24, 2.45) is 0 Å². The number of hydrogen-bond acceptors (Lipinski definition) is 2. The molecule has 0 aliphatic heterocycles. The molecule has 0 saturated carbocycles. The van der Waals surface area contributed by atoms with Crippen LogP contribution in [0.5, 0.6) is 0 Å². The molecule has 0 atom stereocenters. The van der Waals surface area contributed by atoms with E-state index in [1.807, 2.05) is 17.4 Å². The van der Waals surface area contributed by atoms with Gasteiger partial charge in [-0.25, -0.2) is 0 Å². The molecule has 0 saturated heterocycles. The van der Waals surface area contributed by atoms with E-state index in [1.54, 1.807) is 0 Å². The van der Waals surface area contributed by atoms with E-state index in [0.717, 1.165) is 11.2 Å². The average Bonchev–Trinajstić information content (AvgIpc) is 3.61. The van der Waals surface area contributed by atoms with Gasteiger partial charge in [0.2, 0.25) is 0 Å². The quantitative estimate of drug-likeness (QED) is 0.204. The van der Waals surface area contributed by atoms with Crippen LogP contribution >= 0.6 is 11.3 Å². The van der Waals surface area contributed by atoms with Crippen molar-refractivity contribution >= 4 is 75.7 Å². The third-order valence-electron chi connectivity index (χ3n) is 8.32. The summed E-state index contributed by atoms with van der Waals surface area (Å²) in [5, 5.41) is 13.7. The van der Waals surface area contributed by atoms with Crippen molar-refractivity contribution < 1.29 is 4.42 Å². The number of benzene rings is 7. The summed E-state index contributed by atoms with van der Waals surface area (Å²) >= 11 is 1.82. The van der Waals surface area contributed by atoms with E-state index in [0.29, 0.717) is 0 Å². The van der Waals surface area contributed by atoms with Gasteiger partial charge in [0.15, 0.2) is 0 Å². The van der Waals surface area contributed by atoms with Crippen molar-refractivity contribution in [2.45, 2.75) is 0 Å². The number of furan rings is 1. The topological polar surface area (TPSA) is 13.1 Å². The van der Waals surface area contributed by atoms with Crippen LogP contribution < -0.4 is 0 Å². The van der Waals surface area contributed by atoms with Gasteiger partial charge in [-0.15, -0.1) is 11.3 Å². The monoisotopic (exact) mass is 526 g/mol. The highest BCUT2D eigenvalue weighted by Crippen LogP contribution is 2.48. The van der Waals surface area contributed by atoms with Gasteiger partial charge >= 0.3 is 0 Å². The molecular weight excluding hydrogens is 504 g/mol. The molecule has 0 N–H and O–H groups in total. The first kappa shape index (κ1) is 22.0. The fourth-order valence-corrected chi connectivity index (χ4v) is 7.68. The van der Waals surface area contributed by atoms with Gasteiger partial charge in [0.05, 0.1) is 0 Å². The molecule has 40 heavy (non-hydrogen) atoms. The van der Waals surface area contributed by atoms with Crippen molar-refractivity contribution in [2.75, 3.05) is 0 Å². The molecule has 0 bridgehead atoms. The molecule has 186 valence electrons. The van der Waals surface area contributed by atoms with Gasteiger partial charge in [-0.2, -0.15) is 0 Å². The Morgan fingerprint density at radius 3 is 1.82 bits per heavy atom. The highest BCUT2D eigenvalue weighted by atomic mass is 32.1. The van der Waals surface area contributed by atoms with Crippen LogP contribution in [0.3, 0.4) is 0 Å². The van der Waals surface area contributed by atoms with E-state index in [2.05, 4.69) is 127 Å². The third-order valence-corrected chi connectivity index (χ3v) is 9.33. The lowest BCUT2D eigenvalue weighted by Gasteiger charge is -2.17. The summed E-state index contributed by atoms with van der Waals surface area (Å²) in [6, 6.07) is 46.0. The first-order valence-electron chi connectivity index (χ1n) is 13.6. The predicted octanol–water partition coefficient (Wildman–Crippen LogP) is 11.6. The van der Waals surface area contributed by atoms with Gasteiger partial charge in [-0.1, -0.05) is 103 Å². The fourth-order valence-electron chi connectivity index (χ4n) is 6.57. The minimum Gasteiger partial charge on any atom is -0.456 e. The summed E-state index contributed by atoms with van der Waals surface area (Å²) in [5.74, 6) is 0.